The van der Waals surface area contributed by atoms with Crippen LogP contribution in [0.25, 0.3) is 11.0 Å². The summed E-state index contributed by atoms with van der Waals surface area (Å²) < 4.78 is 27.2. The smallest absolute Gasteiger partial charge is 0.284 e. The zero-order valence-electron chi connectivity index (χ0n) is 11.3. The summed E-state index contributed by atoms with van der Waals surface area (Å²) in [4.78, 5) is 18.1. The Morgan fingerprint density at radius 2 is 1.82 bits per heavy atom. The lowest BCUT2D eigenvalue weighted by molar-refractivity contribution is 0.0991. The predicted octanol–water partition coefficient (Wildman–Crippen LogP) is 1.46. The number of fused-ring (bicyclic) bond motifs is 1. The van der Waals surface area contributed by atoms with Gasteiger partial charge in [0.05, 0.1) is 16.1 Å². The molecule has 0 aliphatic carbocycles. The topological polar surface area (TPSA) is 118 Å². The van der Waals surface area contributed by atoms with Gasteiger partial charge < -0.3 is 10.7 Å². The molecule has 8 heteroatoms. The molecule has 1 aromatic heterocycles. The first-order valence-electron chi connectivity index (χ1n) is 6.34. The van der Waals surface area contributed by atoms with Crippen molar-refractivity contribution >= 4 is 32.7 Å². The molecule has 0 atom stereocenters. The number of anilines is 1. The third kappa shape index (κ3) is 2.51. The molecule has 4 N–H and O–H groups in total. The van der Waals surface area contributed by atoms with Gasteiger partial charge in [0.2, 0.25) is 0 Å². The minimum Gasteiger partial charge on any atom is -0.363 e. The molecule has 0 fully saturated rings. The first-order chi connectivity index (χ1) is 10.5. The standard InChI is InChI=1S/C14H12N4O3S/c15-13(19)14-16-10-7-4-8-11(12(10)17-14)18-22(20,21)9-5-2-1-3-6-9/h1-8,18H,(H2,15,19)(H,16,17). The zero-order chi connectivity index (χ0) is 15.7. The summed E-state index contributed by atoms with van der Waals surface area (Å²) in [6.45, 7) is 0. The van der Waals surface area contributed by atoms with Crippen molar-refractivity contribution in [1.82, 2.24) is 9.97 Å². The lowest BCUT2D eigenvalue weighted by Crippen LogP contribution is -2.13. The van der Waals surface area contributed by atoms with E-state index in [1.807, 2.05) is 0 Å². The van der Waals surface area contributed by atoms with Crippen LogP contribution in [0.5, 0.6) is 0 Å². The van der Waals surface area contributed by atoms with Crippen LogP contribution in [0.3, 0.4) is 0 Å². The predicted molar refractivity (Wildman–Crippen MR) is 81.9 cm³/mol. The van der Waals surface area contributed by atoms with Gasteiger partial charge in [0.25, 0.3) is 15.9 Å². The molecule has 0 unspecified atom stereocenters. The minimum absolute atomic E-state index is 0.0265. The van der Waals surface area contributed by atoms with Gasteiger partial charge >= 0.3 is 0 Å². The van der Waals surface area contributed by atoms with Gasteiger partial charge in [-0.3, -0.25) is 9.52 Å². The highest BCUT2D eigenvalue weighted by Crippen LogP contribution is 2.24. The number of benzene rings is 2. The number of nitrogens with one attached hydrogen (secondary N) is 2. The summed E-state index contributed by atoms with van der Waals surface area (Å²) in [7, 11) is -3.74. The van der Waals surface area contributed by atoms with Crippen LogP contribution in [0.15, 0.2) is 53.4 Å². The SMILES string of the molecule is NC(=O)c1nc2c(NS(=O)(=O)c3ccccc3)cccc2[nH]1. The summed E-state index contributed by atoms with van der Waals surface area (Å²) in [5, 5.41) is 0. The third-order valence-corrected chi connectivity index (χ3v) is 4.43. The molecule has 22 heavy (non-hydrogen) atoms. The monoisotopic (exact) mass is 316 g/mol. The number of aromatic nitrogens is 2. The van der Waals surface area contributed by atoms with E-state index in [4.69, 9.17) is 5.73 Å². The van der Waals surface area contributed by atoms with Crippen LogP contribution in [0.1, 0.15) is 10.6 Å². The van der Waals surface area contributed by atoms with Crippen molar-refractivity contribution in [2.24, 2.45) is 5.73 Å². The van der Waals surface area contributed by atoms with E-state index in [1.165, 1.54) is 12.1 Å². The molecule has 0 saturated carbocycles. The van der Waals surface area contributed by atoms with Crippen LogP contribution in [-0.4, -0.2) is 24.3 Å². The Morgan fingerprint density at radius 3 is 2.50 bits per heavy atom. The fourth-order valence-electron chi connectivity index (χ4n) is 2.03. The number of aromatic amines is 1. The van der Waals surface area contributed by atoms with E-state index in [9.17, 15) is 13.2 Å². The molecular weight excluding hydrogens is 304 g/mol. The van der Waals surface area contributed by atoms with Gasteiger partial charge in [-0.1, -0.05) is 24.3 Å². The quantitative estimate of drug-likeness (QED) is 0.675. The number of H-pyrrole nitrogens is 1. The molecule has 1 heterocycles. The van der Waals surface area contributed by atoms with E-state index in [-0.39, 0.29) is 16.4 Å². The van der Waals surface area contributed by atoms with Crippen molar-refractivity contribution < 1.29 is 13.2 Å². The number of imidazole rings is 1. The van der Waals surface area contributed by atoms with E-state index in [2.05, 4.69) is 14.7 Å². The maximum absolute atomic E-state index is 12.3. The average Bonchev–Trinajstić information content (AvgIpc) is 2.93. The van der Waals surface area contributed by atoms with Gasteiger partial charge in [0, 0.05) is 0 Å². The molecule has 0 aliphatic rings. The van der Waals surface area contributed by atoms with Crippen LogP contribution in [0.4, 0.5) is 5.69 Å². The van der Waals surface area contributed by atoms with E-state index in [0.29, 0.717) is 11.0 Å². The van der Waals surface area contributed by atoms with E-state index in [0.717, 1.165) is 0 Å². The van der Waals surface area contributed by atoms with Crippen molar-refractivity contribution in [2.45, 2.75) is 4.90 Å². The maximum atomic E-state index is 12.3. The first-order valence-corrected chi connectivity index (χ1v) is 7.82. The number of hydrogen-bond acceptors (Lipinski definition) is 4. The number of sulfonamides is 1. The fourth-order valence-corrected chi connectivity index (χ4v) is 3.12. The van der Waals surface area contributed by atoms with Crippen LogP contribution < -0.4 is 10.5 Å². The van der Waals surface area contributed by atoms with Crippen LogP contribution in [-0.2, 0) is 10.0 Å². The first kappa shape index (κ1) is 14.1. The van der Waals surface area contributed by atoms with Gasteiger partial charge in [0.15, 0.2) is 5.82 Å². The number of primary amides is 1. The number of nitrogens with two attached hydrogens (primary N) is 1. The summed E-state index contributed by atoms with van der Waals surface area (Å²) in [6.07, 6.45) is 0. The highest BCUT2D eigenvalue weighted by atomic mass is 32.2. The van der Waals surface area contributed by atoms with E-state index >= 15 is 0 Å². The minimum atomic E-state index is -3.74. The Bertz CT molecular complexity index is 949. The lowest BCUT2D eigenvalue weighted by Gasteiger charge is -2.08. The second kappa shape index (κ2) is 5.15. The highest BCUT2D eigenvalue weighted by Gasteiger charge is 2.17. The van der Waals surface area contributed by atoms with Crippen molar-refractivity contribution in [1.29, 1.82) is 0 Å². The molecular formula is C14H12N4O3S. The third-order valence-electron chi connectivity index (χ3n) is 3.04. The Balaban J connectivity index is 2.06. The molecule has 0 radical (unpaired) electrons. The summed E-state index contributed by atoms with van der Waals surface area (Å²) in [6, 6.07) is 12.9. The van der Waals surface area contributed by atoms with Crippen molar-refractivity contribution in [3.05, 3.63) is 54.4 Å². The molecule has 0 bridgehead atoms. The number of carbonyl (C=O) groups excluding carboxylic acids is 1. The summed E-state index contributed by atoms with van der Waals surface area (Å²) in [5.74, 6) is -0.741. The number of nitrogens with zero attached hydrogens (tertiary/aromatic N) is 1. The Kier molecular flexibility index (Phi) is 3.30. The zero-order valence-corrected chi connectivity index (χ0v) is 12.1. The molecule has 2 aromatic carbocycles. The maximum Gasteiger partial charge on any atom is 0.284 e. The van der Waals surface area contributed by atoms with Crippen molar-refractivity contribution in [3.63, 3.8) is 0 Å². The van der Waals surface area contributed by atoms with E-state index < -0.39 is 15.9 Å². The Labute approximate surface area is 126 Å². The molecule has 0 spiro atoms. The molecule has 112 valence electrons. The molecule has 3 aromatic rings. The number of carbonyl (C=O) groups is 1. The molecule has 0 saturated heterocycles. The number of hydrogen-bond donors (Lipinski definition) is 3. The summed E-state index contributed by atoms with van der Waals surface area (Å²) >= 11 is 0. The lowest BCUT2D eigenvalue weighted by atomic mass is 10.3. The largest absolute Gasteiger partial charge is 0.363 e. The molecule has 1 amide bonds. The Morgan fingerprint density at radius 1 is 1.09 bits per heavy atom. The average molecular weight is 316 g/mol. The van der Waals surface area contributed by atoms with Gasteiger partial charge in [-0.2, -0.15) is 0 Å². The fraction of sp³-hybridized carbons (Fsp3) is 0. The number of amides is 1. The normalized spacial score (nSPS) is 11.5. The van der Waals surface area contributed by atoms with Crippen molar-refractivity contribution in [3.8, 4) is 0 Å². The number of rotatable bonds is 4. The van der Waals surface area contributed by atoms with E-state index in [1.54, 1.807) is 36.4 Å². The molecule has 7 nitrogen and oxygen atoms in total. The van der Waals surface area contributed by atoms with Gasteiger partial charge in [-0.05, 0) is 24.3 Å². The molecule has 0 aliphatic heterocycles. The number of para-hydroxylation sites is 1. The highest BCUT2D eigenvalue weighted by molar-refractivity contribution is 7.92. The Hall–Kier alpha value is -2.87. The van der Waals surface area contributed by atoms with Crippen molar-refractivity contribution in [2.75, 3.05) is 4.72 Å². The van der Waals surface area contributed by atoms with Gasteiger partial charge in [-0.25, -0.2) is 13.4 Å². The van der Waals surface area contributed by atoms with Crippen LogP contribution in [0, 0.1) is 0 Å². The van der Waals surface area contributed by atoms with Crippen LogP contribution in [0.2, 0.25) is 0 Å². The second-order valence-corrected chi connectivity index (χ2v) is 6.25. The summed E-state index contributed by atoms with van der Waals surface area (Å²) in [5.41, 5.74) is 6.29. The second-order valence-electron chi connectivity index (χ2n) is 4.57. The van der Waals surface area contributed by atoms with Gasteiger partial charge in [0.1, 0.15) is 5.52 Å². The van der Waals surface area contributed by atoms with Gasteiger partial charge in [-0.15, -0.1) is 0 Å². The molecule has 3 rings (SSSR count). The van der Waals surface area contributed by atoms with Crippen LogP contribution >= 0.6 is 0 Å².